The highest BCUT2D eigenvalue weighted by molar-refractivity contribution is 6.17. The van der Waals surface area contributed by atoms with Gasteiger partial charge in [-0.05, 0) is 43.5 Å². The normalized spacial score (nSPS) is 10.6. The predicted molar refractivity (Wildman–Crippen MR) is 68.1 cm³/mol. The Kier molecular flexibility index (Phi) is 6.56. The van der Waals surface area contributed by atoms with Crippen molar-refractivity contribution in [2.24, 2.45) is 0 Å². The first-order chi connectivity index (χ1) is 9.08. The molecule has 0 saturated carbocycles. The summed E-state index contributed by atoms with van der Waals surface area (Å²) in [7, 11) is 0. The number of carbonyl (C=O) groups is 1. The van der Waals surface area contributed by atoms with Crippen LogP contribution in [0.2, 0.25) is 0 Å². The first-order valence-electron chi connectivity index (χ1n) is 5.89. The highest BCUT2D eigenvalue weighted by atomic mass is 35.5. The van der Waals surface area contributed by atoms with Crippen LogP contribution in [-0.4, -0.2) is 25.1 Å². The highest BCUT2D eigenvalue weighted by Crippen LogP contribution is 2.24. The summed E-state index contributed by atoms with van der Waals surface area (Å²) in [6, 6.07) is 4.25. The number of hydrogen-bond acceptors (Lipinski definition) is 3. The molecule has 0 atom stereocenters. The SMILES string of the molecule is CCOC(=O)c1ccc(OC(F)F)c(CCCCl)c1. The highest BCUT2D eigenvalue weighted by Gasteiger charge is 2.14. The number of ether oxygens (including phenoxy) is 2. The van der Waals surface area contributed by atoms with Crippen LogP contribution < -0.4 is 4.74 Å². The number of carbonyl (C=O) groups excluding carboxylic acids is 1. The van der Waals surface area contributed by atoms with E-state index in [0.717, 1.165) is 0 Å². The van der Waals surface area contributed by atoms with Crippen molar-refractivity contribution in [3.8, 4) is 5.75 Å². The van der Waals surface area contributed by atoms with Gasteiger partial charge in [-0.1, -0.05) is 0 Å². The maximum atomic E-state index is 12.3. The molecule has 0 aliphatic carbocycles. The van der Waals surface area contributed by atoms with Gasteiger partial charge in [-0.3, -0.25) is 0 Å². The van der Waals surface area contributed by atoms with E-state index in [4.69, 9.17) is 16.3 Å². The molecule has 0 unspecified atom stereocenters. The van der Waals surface area contributed by atoms with E-state index < -0.39 is 12.6 Å². The second-order valence-electron chi connectivity index (χ2n) is 3.71. The number of rotatable bonds is 7. The third kappa shape index (κ3) is 5.03. The fourth-order valence-corrected chi connectivity index (χ4v) is 1.72. The van der Waals surface area contributed by atoms with Gasteiger partial charge in [0.2, 0.25) is 0 Å². The van der Waals surface area contributed by atoms with E-state index in [1.54, 1.807) is 6.92 Å². The first-order valence-corrected chi connectivity index (χ1v) is 6.42. The van der Waals surface area contributed by atoms with Crippen LogP contribution >= 0.6 is 11.6 Å². The molecule has 0 radical (unpaired) electrons. The van der Waals surface area contributed by atoms with Gasteiger partial charge in [0, 0.05) is 5.88 Å². The molecule has 3 nitrogen and oxygen atoms in total. The van der Waals surface area contributed by atoms with Crippen LogP contribution in [0.25, 0.3) is 0 Å². The molecule has 1 rings (SSSR count). The molecule has 0 saturated heterocycles. The third-order valence-corrected chi connectivity index (χ3v) is 2.63. The van der Waals surface area contributed by atoms with Crippen molar-refractivity contribution < 1.29 is 23.0 Å². The van der Waals surface area contributed by atoms with Crippen molar-refractivity contribution in [1.29, 1.82) is 0 Å². The zero-order valence-electron chi connectivity index (χ0n) is 10.5. The Balaban J connectivity index is 2.96. The van der Waals surface area contributed by atoms with Gasteiger partial charge in [-0.25, -0.2) is 4.79 Å². The lowest BCUT2D eigenvalue weighted by Crippen LogP contribution is -2.08. The molecule has 0 aliphatic rings. The molecule has 0 heterocycles. The maximum absolute atomic E-state index is 12.3. The summed E-state index contributed by atoms with van der Waals surface area (Å²) in [6.07, 6.45) is 1.06. The minimum absolute atomic E-state index is 0.0631. The summed E-state index contributed by atoms with van der Waals surface area (Å²) in [6.45, 7) is -0.950. The monoisotopic (exact) mass is 292 g/mol. The van der Waals surface area contributed by atoms with Crippen LogP contribution in [0, 0.1) is 0 Å². The number of benzene rings is 1. The molecular formula is C13H15ClF2O3. The minimum Gasteiger partial charge on any atom is -0.462 e. The summed E-state index contributed by atoms with van der Waals surface area (Å²) in [5, 5.41) is 0. The van der Waals surface area contributed by atoms with Gasteiger partial charge in [-0.2, -0.15) is 8.78 Å². The van der Waals surface area contributed by atoms with E-state index >= 15 is 0 Å². The molecule has 0 aromatic heterocycles. The zero-order chi connectivity index (χ0) is 14.3. The van der Waals surface area contributed by atoms with Crippen molar-refractivity contribution in [1.82, 2.24) is 0 Å². The van der Waals surface area contributed by atoms with Crippen LogP contribution in [0.3, 0.4) is 0 Å². The van der Waals surface area contributed by atoms with Crippen LogP contribution in [-0.2, 0) is 11.2 Å². The quantitative estimate of drug-likeness (QED) is 0.568. The van der Waals surface area contributed by atoms with Crippen LogP contribution in [0.5, 0.6) is 5.75 Å². The van der Waals surface area contributed by atoms with E-state index in [-0.39, 0.29) is 12.4 Å². The van der Waals surface area contributed by atoms with E-state index in [1.165, 1.54) is 18.2 Å². The Labute approximate surface area is 115 Å². The number of esters is 1. The average Bonchev–Trinajstić information content (AvgIpc) is 2.37. The summed E-state index contributed by atoms with van der Waals surface area (Å²) >= 11 is 5.58. The topological polar surface area (TPSA) is 35.5 Å². The summed E-state index contributed by atoms with van der Waals surface area (Å²) in [4.78, 5) is 11.6. The van der Waals surface area contributed by atoms with Crippen molar-refractivity contribution >= 4 is 17.6 Å². The number of alkyl halides is 3. The average molecular weight is 293 g/mol. The molecule has 1 aromatic rings. The summed E-state index contributed by atoms with van der Waals surface area (Å²) in [5.74, 6) is -0.0241. The Hall–Kier alpha value is -1.36. The molecule has 0 aliphatic heterocycles. The fourth-order valence-electron chi connectivity index (χ4n) is 1.58. The van der Waals surface area contributed by atoms with Gasteiger partial charge in [0.25, 0.3) is 0 Å². The molecule has 0 bridgehead atoms. The number of hydrogen-bond donors (Lipinski definition) is 0. The smallest absolute Gasteiger partial charge is 0.387 e. The second-order valence-corrected chi connectivity index (χ2v) is 4.09. The van der Waals surface area contributed by atoms with E-state index in [0.29, 0.717) is 29.8 Å². The Bertz CT molecular complexity index is 424. The molecule has 0 spiro atoms. The Morgan fingerprint density at radius 1 is 1.42 bits per heavy atom. The van der Waals surface area contributed by atoms with Gasteiger partial charge >= 0.3 is 12.6 Å². The van der Waals surface area contributed by atoms with Crippen molar-refractivity contribution in [2.75, 3.05) is 12.5 Å². The van der Waals surface area contributed by atoms with E-state index in [1.807, 2.05) is 0 Å². The van der Waals surface area contributed by atoms with Crippen LogP contribution in [0.4, 0.5) is 8.78 Å². The number of halogens is 3. The Morgan fingerprint density at radius 3 is 2.74 bits per heavy atom. The lowest BCUT2D eigenvalue weighted by molar-refractivity contribution is -0.0504. The molecule has 106 valence electrons. The molecule has 0 amide bonds. The van der Waals surface area contributed by atoms with Gasteiger partial charge in [0.1, 0.15) is 5.75 Å². The van der Waals surface area contributed by atoms with E-state index in [2.05, 4.69) is 4.74 Å². The molecule has 19 heavy (non-hydrogen) atoms. The summed E-state index contributed by atoms with van der Waals surface area (Å²) < 4.78 is 33.8. The molecule has 6 heteroatoms. The largest absolute Gasteiger partial charge is 0.462 e. The van der Waals surface area contributed by atoms with Crippen molar-refractivity contribution in [3.05, 3.63) is 29.3 Å². The molecular weight excluding hydrogens is 278 g/mol. The van der Waals surface area contributed by atoms with Crippen LogP contribution in [0.1, 0.15) is 29.3 Å². The van der Waals surface area contributed by atoms with E-state index in [9.17, 15) is 13.6 Å². The first kappa shape index (κ1) is 15.7. The molecule has 0 N–H and O–H groups in total. The lowest BCUT2D eigenvalue weighted by Gasteiger charge is -2.12. The Morgan fingerprint density at radius 2 is 2.16 bits per heavy atom. The third-order valence-electron chi connectivity index (χ3n) is 2.37. The minimum atomic E-state index is -2.90. The lowest BCUT2D eigenvalue weighted by atomic mass is 10.1. The van der Waals surface area contributed by atoms with Gasteiger partial charge in [-0.15, -0.1) is 11.6 Å². The van der Waals surface area contributed by atoms with Crippen molar-refractivity contribution in [2.45, 2.75) is 26.4 Å². The fraction of sp³-hybridized carbons (Fsp3) is 0.462. The van der Waals surface area contributed by atoms with Gasteiger partial charge in [0.15, 0.2) is 0 Å². The maximum Gasteiger partial charge on any atom is 0.387 e. The molecule has 0 fully saturated rings. The van der Waals surface area contributed by atoms with Gasteiger partial charge < -0.3 is 9.47 Å². The zero-order valence-corrected chi connectivity index (χ0v) is 11.3. The molecule has 1 aromatic carbocycles. The van der Waals surface area contributed by atoms with Crippen LogP contribution in [0.15, 0.2) is 18.2 Å². The van der Waals surface area contributed by atoms with Gasteiger partial charge in [0.05, 0.1) is 12.2 Å². The predicted octanol–water partition coefficient (Wildman–Crippen LogP) is 3.64. The summed E-state index contributed by atoms with van der Waals surface area (Å²) in [5.41, 5.74) is 0.833. The van der Waals surface area contributed by atoms with Crippen molar-refractivity contribution in [3.63, 3.8) is 0 Å². The standard InChI is InChI=1S/C13H15ClF2O3/c1-2-18-12(17)10-5-6-11(19-13(15)16)9(8-10)4-3-7-14/h5-6,8,13H,2-4,7H2,1H3. The second kappa shape index (κ2) is 7.94. The number of aryl methyl sites for hydroxylation is 1.